The number of carboxylic acids is 1. The zero-order valence-electron chi connectivity index (χ0n) is 11.0. The topological polar surface area (TPSA) is 60.9 Å². The molecule has 0 aliphatic carbocycles. The Labute approximate surface area is 102 Å². The summed E-state index contributed by atoms with van der Waals surface area (Å²) in [6.45, 7) is 8.89. The van der Waals surface area contributed by atoms with Gasteiger partial charge in [-0.1, -0.05) is 0 Å². The highest BCUT2D eigenvalue weighted by molar-refractivity contribution is 5.78. The summed E-state index contributed by atoms with van der Waals surface area (Å²) in [6.07, 6.45) is 0.553. The van der Waals surface area contributed by atoms with Crippen LogP contribution in [0, 0.1) is 5.92 Å². The predicted octanol–water partition coefficient (Wildman–Crippen LogP) is 1.63. The van der Waals surface area contributed by atoms with Crippen LogP contribution in [-0.4, -0.2) is 52.1 Å². The van der Waals surface area contributed by atoms with E-state index in [1.165, 1.54) is 0 Å². The third-order valence-corrected chi connectivity index (χ3v) is 3.53. The van der Waals surface area contributed by atoms with E-state index in [1.807, 2.05) is 27.7 Å². The number of rotatable bonds is 3. The van der Waals surface area contributed by atoms with Gasteiger partial charge in [0.15, 0.2) is 0 Å². The van der Waals surface area contributed by atoms with Crippen molar-refractivity contribution in [2.24, 2.45) is 5.92 Å². The molecule has 1 fully saturated rings. The van der Waals surface area contributed by atoms with Crippen molar-refractivity contribution >= 4 is 12.0 Å². The standard InChI is InChI=1S/C12H22N2O3/c1-5-13(8(2)3)12(17)14-7-6-10(9(14)4)11(15)16/h8-10H,5-7H2,1-4H3,(H,15,16). The van der Waals surface area contributed by atoms with E-state index in [4.69, 9.17) is 5.11 Å². The van der Waals surface area contributed by atoms with Crippen molar-refractivity contribution < 1.29 is 14.7 Å². The van der Waals surface area contributed by atoms with Crippen molar-refractivity contribution in [2.45, 2.75) is 46.2 Å². The molecule has 2 atom stereocenters. The number of carbonyl (C=O) groups is 2. The van der Waals surface area contributed by atoms with E-state index in [9.17, 15) is 9.59 Å². The van der Waals surface area contributed by atoms with Crippen molar-refractivity contribution in [3.05, 3.63) is 0 Å². The number of nitrogens with zero attached hydrogens (tertiary/aromatic N) is 2. The second-order valence-corrected chi connectivity index (χ2v) is 4.83. The van der Waals surface area contributed by atoms with E-state index in [1.54, 1.807) is 9.80 Å². The Morgan fingerprint density at radius 1 is 1.47 bits per heavy atom. The molecule has 1 N–H and O–H groups in total. The maximum absolute atomic E-state index is 12.3. The zero-order chi connectivity index (χ0) is 13.2. The fourth-order valence-corrected chi connectivity index (χ4v) is 2.43. The zero-order valence-corrected chi connectivity index (χ0v) is 11.0. The summed E-state index contributed by atoms with van der Waals surface area (Å²) in [7, 11) is 0. The average molecular weight is 242 g/mol. The van der Waals surface area contributed by atoms with Crippen LogP contribution in [0.4, 0.5) is 4.79 Å². The Kier molecular flexibility index (Phi) is 4.37. The van der Waals surface area contributed by atoms with Gasteiger partial charge in [-0.3, -0.25) is 4.79 Å². The van der Waals surface area contributed by atoms with Gasteiger partial charge in [-0.2, -0.15) is 0 Å². The summed E-state index contributed by atoms with van der Waals surface area (Å²) in [5.41, 5.74) is 0. The van der Waals surface area contributed by atoms with Gasteiger partial charge >= 0.3 is 12.0 Å². The number of hydrogen-bond donors (Lipinski definition) is 1. The maximum atomic E-state index is 12.3. The SMILES string of the molecule is CCN(C(=O)N1CCC(C(=O)O)C1C)C(C)C. The molecule has 0 aromatic rings. The molecule has 1 rings (SSSR count). The molecule has 0 radical (unpaired) electrons. The molecular weight excluding hydrogens is 220 g/mol. The molecule has 1 saturated heterocycles. The number of hydrogen-bond acceptors (Lipinski definition) is 2. The Bertz CT molecular complexity index is 304. The third kappa shape index (κ3) is 2.70. The lowest BCUT2D eigenvalue weighted by Gasteiger charge is -2.33. The molecule has 98 valence electrons. The van der Waals surface area contributed by atoms with Gasteiger partial charge in [0.05, 0.1) is 5.92 Å². The third-order valence-electron chi connectivity index (χ3n) is 3.53. The molecule has 2 amide bonds. The van der Waals surface area contributed by atoms with Crippen LogP contribution in [0.2, 0.25) is 0 Å². The highest BCUT2D eigenvalue weighted by Gasteiger charge is 2.39. The first-order valence-corrected chi connectivity index (χ1v) is 6.20. The summed E-state index contributed by atoms with van der Waals surface area (Å²) in [6, 6.07) is -0.116. The van der Waals surface area contributed by atoms with Gasteiger partial charge < -0.3 is 14.9 Å². The van der Waals surface area contributed by atoms with Gasteiger partial charge in [0.1, 0.15) is 0 Å². The molecule has 17 heavy (non-hydrogen) atoms. The molecule has 5 nitrogen and oxygen atoms in total. The number of aliphatic carboxylic acids is 1. The molecule has 0 saturated carbocycles. The molecule has 1 aliphatic rings. The van der Waals surface area contributed by atoms with E-state index >= 15 is 0 Å². The normalized spacial score (nSPS) is 24.2. The molecule has 2 unspecified atom stereocenters. The highest BCUT2D eigenvalue weighted by Crippen LogP contribution is 2.25. The minimum absolute atomic E-state index is 0.0428. The summed E-state index contributed by atoms with van der Waals surface area (Å²) in [5.74, 6) is -1.23. The number of carboxylic acid groups (broad SMARTS) is 1. The molecule has 5 heteroatoms. The largest absolute Gasteiger partial charge is 0.481 e. The summed E-state index contributed by atoms with van der Waals surface area (Å²) in [5, 5.41) is 9.04. The quantitative estimate of drug-likeness (QED) is 0.818. The second kappa shape index (κ2) is 5.38. The van der Waals surface area contributed by atoms with Crippen molar-refractivity contribution in [3.8, 4) is 0 Å². The Hall–Kier alpha value is -1.26. The van der Waals surface area contributed by atoms with Crippen LogP contribution < -0.4 is 0 Å². The van der Waals surface area contributed by atoms with Crippen LogP contribution in [-0.2, 0) is 4.79 Å². The number of carbonyl (C=O) groups excluding carboxylic acids is 1. The van der Waals surface area contributed by atoms with Gasteiger partial charge in [0, 0.05) is 25.2 Å². The van der Waals surface area contributed by atoms with Gasteiger partial charge in [0.25, 0.3) is 0 Å². The van der Waals surface area contributed by atoms with Gasteiger partial charge in [-0.15, -0.1) is 0 Å². The molecule has 0 aromatic heterocycles. The fraction of sp³-hybridized carbons (Fsp3) is 0.833. The van der Waals surface area contributed by atoms with Crippen molar-refractivity contribution in [1.29, 1.82) is 0 Å². The molecular formula is C12H22N2O3. The monoisotopic (exact) mass is 242 g/mol. The summed E-state index contributed by atoms with van der Waals surface area (Å²) in [4.78, 5) is 26.7. The van der Waals surface area contributed by atoms with E-state index < -0.39 is 11.9 Å². The van der Waals surface area contributed by atoms with Crippen LogP contribution in [0.3, 0.4) is 0 Å². The first-order chi connectivity index (χ1) is 7.90. The molecule has 0 aromatic carbocycles. The lowest BCUT2D eigenvalue weighted by Crippen LogP contribution is -2.48. The Morgan fingerprint density at radius 3 is 2.41 bits per heavy atom. The van der Waals surface area contributed by atoms with E-state index in [0.717, 1.165) is 0 Å². The summed E-state index contributed by atoms with van der Waals surface area (Å²) >= 11 is 0. The maximum Gasteiger partial charge on any atom is 0.320 e. The minimum Gasteiger partial charge on any atom is -0.481 e. The van der Waals surface area contributed by atoms with Crippen LogP contribution in [0.15, 0.2) is 0 Å². The van der Waals surface area contributed by atoms with Crippen LogP contribution in [0.1, 0.15) is 34.1 Å². The van der Waals surface area contributed by atoms with Crippen LogP contribution in [0.5, 0.6) is 0 Å². The van der Waals surface area contributed by atoms with E-state index in [2.05, 4.69) is 0 Å². The van der Waals surface area contributed by atoms with Crippen molar-refractivity contribution in [3.63, 3.8) is 0 Å². The number of urea groups is 1. The van der Waals surface area contributed by atoms with Crippen molar-refractivity contribution in [1.82, 2.24) is 9.80 Å². The summed E-state index contributed by atoms with van der Waals surface area (Å²) < 4.78 is 0. The van der Waals surface area contributed by atoms with Crippen LogP contribution >= 0.6 is 0 Å². The van der Waals surface area contributed by atoms with Gasteiger partial charge in [-0.05, 0) is 34.1 Å². The number of amides is 2. The van der Waals surface area contributed by atoms with Crippen molar-refractivity contribution in [2.75, 3.05) is 13.1 Å². The first-order valence-electron chi connectivity index (χ1n) is 6.20. The first kappa shape index (κ1) is 13.8. The molecule has 1 heterocycles. The lowest BCUT2D eigenvalue weighted by molar-refractivity contribution is -0.142. The van der Waals surface area contributed by atoms with Crippen LogP contribution in [0.25, 0.3) is 0 Å². The highest BCUT2D eigenvalue weighted by atomic mass is 16.4. The van der Waals surface area contributed by atoms with E-state index in [0.29, 0.717) is 19.5 Å². The minimum atomic E-state index is -0.805. The Balaban J connectivity index is 2.75. The lowest BCUT2D eigenvalue weighted by atomic mass is 10.0. The van der Waals surface area contributed by atoms with Gasteiger partial charge in [-0.25, -0.2) is 4.79 Å². The van der Waals surface area contributed by atoms with Gasteiger partial charge in [0.2, 0.25) is 0 Å². The molecule has 0 bridgehead atoms. The number of likely N-dealkylation sites (tertiary alicyclic amines) is 1. The van der Waals surface area contributed by atoms with E-state index in [-0.39, 0.29) is 18.1 Å². The fourth-order valence-electron chi connectivity index (χ4n) is 2.43. The average Bonchev–Trinajstić information content (AvgIpc) is 2.60. The molecule has 1 aliphatic heterocycles. The smallest absolute Gasteiger partial charge is 0.320 e. The predicted molar refractivity (Wildman–Crippen MR) is 64.8 cm³/mol. The second-order valence-electron chi connectivity index (χ2n) is 4.83. The molecule has 0 spiro atoms. The Morgan fingerprint density at radius 2 is 2.06 bits per heavy atom.